The maximum absolute atomic E-state index is 12.3. The first-order chi connectivity index (χ1) is 8.11. The van der Waals surface area contributed by atoms with Crippen molar-refractivity contribution in [1.29, 1.82) is 0 Å². The number of carbonyl (C=O) groups excluding carboxylic acids is 1. The number of aromatic nitrogens is 1. The van der Waals surface area contributed by atoms with Crippen molar-refractivity contribution >= 4 is 34.1 Å². The van der Waals surface area contributed by atoms with Gasteiger partial charge in [0.2, 0.25) is 0 Å². The van der Waals surface area contributed by atoms with Crippen LogP contribution in [0.1, 0.15) is 28.2 Å². The van der Waals surface area contributed by atoms with Crippen LogP contribution in [0.2, 0.25) is 0 Å². The molecule has 1 amide bonds. The van der Waals surface area contributed by atoms with Crippen molar-refractivity contribution in [3.63, 3.8) is 0 Å². The van der Waals surface area contributed by atoms with Crippen molar-refractivity contribution in [3.05, 3.63) is 10.6 Å². The Bertz CT molecular complexity index is 411. The van der Waals surface area contributed by atoms with Gasteiger partial charge in [-0.05, 0) is 26.0 Å². The molecule has 0 unspecified atom stereocenters. The lowest BCUT2D eigenvalue weighted by Gasteiger charge is -2.30. The van der Waals surface area contributed by atoms with E-state index >= 15 is 0 Å². The van der Waals surface area contributed by atoms with Crippen LogP contribution < -0.4 is 5.73 Å². The molecule has 0 spiro atoms. The van der Waals surface area contributed by atoms with Crippen molar-refractivity contribution in [2.24, 2.45) is 0 Å². The van der Waals surface area contributed by atoms with Crippen LogP contribution in [0, 0.1) is 6.92 Å². The van der Waals surface area contributed by atoms with Gasteiger partial charge in [0, 0.05) is 18.3 Å². The molecule has 0 radical (unpaired) electrons. The summed E-state index contributed by atoms with van der Waals surface area (Å²) in [5, 5.41) is 1.18. The van der Waals surface area contributed by atoms with E-state index in [-0.39, 0.29) is 5.91 Å². The maximum atomic E-state index is 12.3. The van der Waals surface area contributed by atoms with E-state index in [4.69, 9.17) is 5.73 Å². The lowest BCUT2D eigenvalue weighted by atomic mass is 10.1. The Morgan fingerprint density at radius 2 is 2.18 bits per heavy atom. The summed E-state index contributed by atoms with van der Waals surface area (Å²) in [6, 6.07) is 0. The normalized spacial score (nSPS) is 17.4. The number of likely N-dealkylation sites (tertiary alicyclic amines) is 1. The van der Waals surface area contributed by atoms with Crippen molar-refractivity contribution in [3.8, 4) is 0 Å². The van der Waals surface area contributed by atoms with Crippen LogP contribution in [0.15, 0.2) is 0 Å². The third kappa shape index (κ3) is 2.74. The fourth-order valence-electron chi connectivity index (χ4n) is 2.05. The summed E-state index contributed by atoms with van der Waals surface area (Å²) in [5.74, 6) is 0.0938. The summed E-state index contributed by atoms with van der Waals surface area (Å²) in [4.78, 5) is 19.0. The number of piperidine rings is 1. The fourth-order valence-corrected chi connectivity index (χ4v) is 3.54. The molecule has 2 heterocycles. The predicted octanol–water partition coefficient (Wildman–Crippen LogP) is 2.00. The summed E-state index contributed by atoms with van der Waals surface area (Å²) in [5.41, 5.74) is 6.38. The van der Waals surface area contributed by atoms with E-state index in [9.17, 15) is 4.79 Å². The van der Waals surface area contributed by atoms with Crippen LogP contribution in [0.5, 0.6) is 0 Å². The molecule has 1 aliphatic rings. The molecular formula is C11H17N3OS2. The summed E-state index contributed by atoms with van der Waals surface area (Å²) in [6.45, 7) is 3.54. The van der Waals surface area contributed by atoms with Gasteiger partial charge in [0.05, 0.1) is 5.69 Å². The average molecular weight is 271 g/mol. The van der Waals surface area contributed by atoms with Gasteiger partial charge >= 0.3 is 0 Å². The minimum absolute atomic E-state index is 0.0938. The topological polar surface area (TPSA) is 59.2 Å². The van der Waals surface area contributed by atoms with Gasteiger partial charge in [0.1, 0.15) is 4.88 Å². The van der Waals surface area contributed by atoms with Crippen LogP contribution in [0.25, 0.3) is 0 Å². The zero-order chi connectivity index (χ0) is 12.4. The fraction of sp³-hybridized carbons (Fsp3) is 0.636. The predicted molar refractivity (Wildman–Crippen MR) is 73.7 cm³/mol. The quantitative estimate of drug-likeness (QED) is 0.894. The summed E-state index contributed by atoms with van der Waals surface area (Å²) in [6.07, 6.45) is 4.30. The van der Waals surface area contributed by atoms with Crippen LogP contribution in [0.4, 0.5) is 5.13 Å². The van der Waals surface area contributed by atoms with E-state index in [1.807, 2.05) is 23.6 Å². The molecule has 2 rings (SSSR count). The van der Waals surface area contributed by atoms with Crippen LogP contribution in [-0.4, -0.2) is 40.4 Å². The maximum Gasteiger partial charge on any atom is 0.265 e. The lowest BCUT2D eigenvalue weighted by Crippen LogP contribution is -2.39. The van der Waals surface area contributed by atoms with Crippen molar-refractivity contribution in [2.45, 2.75) is 25.0 Å². The number of carbonyl (C=O) groups is 1. The van der Waals surface area contributed by atoms with Gasteiger partial charge in [-0.2, -0.15) is 11.8 Å². The van der Waals surface area contributed by atoms with Gasteiger partial charge in [0.25, 0.3) is 5.91 Å². The van der Waals surface area contributed by atoms with E-state index in [0.29, 0.717) is 15.3 Å². The second kappa shape index (κ2) is 5.27. The number of hydrogen-bond acceptors (Lipinski definition) is 5. The van der Waals surface area contributed by atoms with Gasteiger partial charge in [0.15, 0.2) is 5.13 Å². The Balaban J connectivity index is 2.04. The Hall–Kier alpha value is -0.750. The number of nitrogens with zero attached hydrogens (tertiary/aromatic N) is 2. The van der Waals surface area contributed by atoms with Crippen LogP contribution in [-0.2, 0) is 0 Å². The highest BCUT2D eigenvalue weighted by Crippen LogP contribution is 2.25. The van der Waals surface area contributed by atoms with Crippen molar-refractivity contribution < 1.29 is 4.79 Å². The zero-order valence-electron chi connectivity index (χ0n) is 10.1. The molecule has 6 heteroatoms. The standard InChI is InChI=1S/C11H17N3OS2/c1-7-9(17-11(12)13-7)10(15)14-5-3-8(16-2)4-6-14/h8H,3-6H2,1-2H3,(H2,12,13). The Morgan fingerprint density at radius 3 is 2.65 bits per heavy atom. The minimum Gasteiger partial charge on any atom is -0.375 e. The van der Waals surface area contributed by atoms with Crippen LogP contribution in [0.3, 0.4) is 0 Å². The van der Waals surface area contributed by atoms with Gasteiger partial charge < -0.3 is 10.6 Å². The number of thiazole rings is 1. The number of thioether (sulfide) groups is 1. The third-order valence-corrected chi connectivity index (χ3v) is 5.18. The highest BCUT2D eigenvalue weighted by Gasteiger charge is 2.25. The van der Waals surface area contributed by atoms with Gasteiger partial charge in [-0.25, -0.2) is 4.98 Å². The molecule has 1 aromatic rings. The molecule has 0 aliphatic carbocycles. The number of aryl methyl sites for hydroxylation is 1. The second-order valence-electron chi connectivity index (χ2n) is 4.19. The molecule has 0 bridgehead atoms. The molecule has 1 fully saturated rings. The molecule has 0 atom stereocenters. The number of rotatable bonds is 2. The zero-order valence-corrected chi connectivity index (χ0v) is 11.7. The molecule has 94 valence electrons. The number of nitrogen functional groups attached to an aromatic ring is 1. The Labute approximate surface area is 110 Å². The van der Waals surface area contributed by atoms with Crippen molar-refractivity contribution in [2.75, 3.05) is 25.1 Å². The van der Waals surface area contributed by atoms with Gasteiger partial charge in [-0.1, -0.05) is 11.3 Å². The van der Waals surface area contributed by atoms with Gasteiger partial charge in [-0.3, -0.25) is 4.79 Å². The first kappa shape index (κ1) is 12.7. The van der Waals surface area contributed by atoms with E-state index in [1.54, 1.807) is 0 Å². The number of amides is 1. The van der Waals surface area contributed by atoms with Crippen LogP contribution >= 0.6 is 23.1 Å². The average Bonchev–Trinajstić information content (AvgIpc) is 2.68. The summed E-state index contributed by atoms with van der Waals surface area (Å²) < 4.78 is 0. The summed E-state index contributed by atoms with van der Waals surface area (Å²) in [7, 11) is 0. The second-order valence-corrected chi connectivity index (χ2v) is 6.36. The Morgan fingerprint density at radius 1 is 1.53 bits per heavy atom. The number of nitrogens with two attached hydrogens (primary N) is 1. The molecule has 17 heavy (non-hydrogen) atoms. The van der Waals surface area contributed by atoms with Crippen molar-refractivity contribution in [1.82, 2.24) is 9.88 Å². The molecule has 1 saturated heterocycles. The number of anilines is 1. The highest BCUT2D eigenvalue weighted by molar-refractivity contribution is 7.99. The third-order valence-electron chi connectivity index (χ3n) is 3.07. The lowest BCUT2D eigenvalue weighted by molar-refractivity contribution is 0.0731. The molecular weight excluding hydrogens is 254 g/mol. The highest BCUT2D eigenvalue weighted by atomic mass is 32.2. The van der Waals surface area contributed by atoms with E-state index < -0.39 is 0 Å². The summed E-state index contributed by atoms with van der Waals surface area (Å²) >= 11 is 3.19. The molecule has 4 nitrogen and oxygen atoms in total. The largest absolute Gasteiger partial charge is 0.375 e. The molecule has 1 aromatic heterocycles. The first-order valence-corrected chi connectivity index (χ1v) is 7.77. The monoisotopic (exact) mass is 271 g/mol. The molecule has 0 saturated carbocycles. The van der Waals surface area contributed by atoms with E-state index in [1.165, 1.54) is 11.3 Å². The molecule has 2 N–H and O–H groups in total. The van der Waals surface area contributed by atoms with E-state index in [2.05, 4.69) is 11.2 Å². The smallest absolute Gasteiger partial charge is 0.265 e. The van der Waals surface area contributed by atoms with Gasteiger partial charge in [-0.15, -0.1) is 0 Å². The first-order valence-electron chi connectivity index (χ1n) is 5.66. The number of hydrogen-bond donors (Lipinski definition) is 1. The molecule has 0 aromatic carbocycles. The SMILES string of the molecule is CSC1CCN(C(=O)c2sc(N)nc2C)CC1. The molecule has 1 aliphatic heterocycles. The Kier molecular flexibility index (Phi) is 3.93. The minimum atomic E-state index is 0.0938. The van der Waals surface area contributed by atoms with E-state index in [0.717, 1.165) is 31.6 Å².